The molecule has 1 aromatic carbocycles. The number of carbonyl (C=O) groups is 1. The first kappa shape index (κ1) is 21.5. The summed E-state index contributed by atoms with van der Waals surface area (Å²) in [5.74, 6) is -0.0910. The number of nitrogens with zero attached hydrogens (tertiary/aromatic N) is 4. The Kier molecular flexibility index (Phi) is 6.83. The average molecular weight is 426 g/mol. The summed E-state index contributed by atoms with van der Waals surface area (Å²) in [6.07, 6.45) is 3.70. The van der Waals surface area contributed by atoms with Crippen LogP contribution in [0, 0.1) is 10.1 Å². The van der Waals surface area contributed by atoms with Crippen LogP contribution in [-0.4, -0.2) is 30.5 Å². The van der Waals surface area contributed by atoms with E-state index < -0.39 is 10.9 Å². The fraction of sp³-hybridized carbons (Fsp3) is 0.286. The van der Waals surface area contributed by atoms with Crippen LogP contribution in [0.25, 0.3) is 0 Å². The van der Waals surface area contributed by atoms with Gasteiger partial charge in [-0.15, -0.1) is 0 Å². The molecule has 30 heavy (non-hydrogen) atoms. The Morgan fingerprint density at radius 3 is 2.63 bits per heavy atom. The van der Waals surface area contributed by atoms with Gasteiger partial charge in [-0.05, 0) is 29.7 Å². The van der Waals surface area contributed by atoms with Crippen LogP contribution in [0.3, 0.4) is 0 Å². The van der Waals surface area contributed by atoms with Crippen LogP contribution in [0.4, 0.5) is 5.69 Å². The van der Waals surface area contributed by atoms with Crippen molar-refractivity contribution in [2.75, 3.05) is 0 Å². The molecule has 0 aliphatic rings. The van der Waals surface area contributed by atoms with Crippen molar-refractivity contribution < 1.29 is 14.8 Å². The molecule has 0 amide bonds. The monoisotopic (exact) mass is 426 g/mol. The van der Waals surface area contributed by atoms with Gasteiger partial charge in [-0.2, -0.15) is 0 Å². The molecule has 0 atom stereocenters. The molecule has 2 heterocycles. The molecule has 9 heteroatoms. The summed E-state index contributed by atoms with van der Waals surface area (Å²) in [4.78, 5) is 31.4. The Morgan fingerprint density at radius 2 is 2.00 bits per heavy atom. The van der Waals surface area contributed by atoms with Crippen molar-refractivity contribution >= 4 is 23.4 Å². The van der Waals surface area contributed by atoms with Gasteiger partial charge in [-0.25, -0.2) is 4.98 Å². The van der Waals surface area contributed by atoms with Crippen molar-refractivity contribution in [3.63, 3.8) is 0 Å². The summed E-state index contributed by atoms with van der Waals surface area (Å²) in [7, 11) is 0. The van der Waals surface area contributed by atoms with E-state index in [1.165, 1.54) is 23.9 Å². The number of nitro benzene ring substituents is 1. The minimum Gasteiger partial charge on any atom is -0.481 e. The lowest BCUT2D eigenvalue weighted by Crippen LogP contribution is -2.09. The van der Waals surface area contributed by atoms with Crippen molar-refractivity contribution in [1.29, 1.82) is 0 Å². The number of carboxylic acids is 1. The van der Waals surface area contributed by atoms with Gasteiger partial charge in [0.15, 0.2) is 0 Å². The second-order valence-electron chi connectivity index (χ2n) is 7.06. The highest BCUT2D eigenvalue weighted by molar-refractivity contribution is 7.99. The summed E-state index contributed by atoms with van der Waals surface area (Å²) in [6, 6.07) is 10.3. The van der Waals surface area contributed by atoms with Crippen molar-refractivity contribution in [1.82, 2.24) is 14.5 Å². The maximum absolute atomic E-state index is 11.2. The van der Waals surface area contributed by atoms with Crippen LogP contribution in [0.1, 0.15) is 43.3 Å². The van der Waals surface area contributed by atoms with E-state index in [1.54, 1.807) is 18.5 Å². The smallest absolute Gasteiger partial charge is 0.303 e. The molecule has 2 aromatic heterocycles. The van der Waals surface area contributed by atoms with Crippen molar-refractivity contribution in [3.05, 3.63) is 76.0 Å². The molecule has 0 saturated carbocycles. The van der Waals surface area contributed by atoms with Gasteiger partial charge in [0.1, 0.15) is 10.9 Å². The average Bonchev–Trinajstić information content (AvgIpc) is 3.05. The second kappa shape index (κ2) is 9.53. The third-order valence-corrected chi connectivity index (χ3v) is 5.58. The van der Waals surface area contributed by atoms with Crippen LogP contribution in [-0.2, 0) is 17.8 Å². The Balaban J connectivity index is 2.06. The van der Waals surface area contributed by atoms with E-state index in [0.717, 1.165) is 21.2 Å². The first-order valence-electron chi connectivity index (χ1n) is 9.47. The molecule has 0 aliphatic carbocycles. The molecule has 0 radical (unpaired) electrons. The van der Waals surface area contributed by atoms with E-state index in [4.69, 9.17) is 10.1 Å². The number of hydrogen-bond acceptors (Lipinski definition) is 6. The van der Waals surface area contributed by atoms with Gasteiger partial charge in [-0.1, -0.05) is 31.7 Å². The lowest BCUT2D eigenvalue weighted by Gasteiger charge is -2.13. The normalized spacial score (nSPS) is 11.0. The predicted molar refractivity (Wildman–Crippen MR) is 113 cm³/mol. The number of carboxylic acid groups (broad SMARTS) is 1. The van der Waals surface area contributed by atoms with Gasteiger partial charge in [0.05, 0.1) is 17.0 Å². The Hall–Kier alpha value is -3.20. The van der Waals surface area contributed by atoms with E-state index in [1.807, 2.05) is 36.6 Å². The molecule has 3 rings (SSSR count). The first-order valence-corrected chi connectivity index (χ1v) is 10.3. The molecule has 0 aliphatic heterocycles. The number of non-ortho nitro benzene ring substituents is 1. The van der Waals surface area contributed by atoms with Crippen molar-refractivity contribution in [3.8, 4) is 0 Å². The molecule has 1 N–H and O–H groups in total. The van der Waals surface area contributed by atoms with E-state index in [9.17, 15) is 14.9 Å². The summed E-state index contributed by atoms with van der Waals surface area (Å²) < 4.78 is 2.01. The van der Waals surface area contributed by atoms with Crippen LogP contribution < -0.4 is 0 Å². The zero-order valence-electron chi connectivity index (χ0n) is 16.7. The third-order valence-electron chi connectivity index (χ3n) is 4.47. The summed E-state index contributed by atoms with van der Waals surface area (Å²) >= 11 is 1.41. The number of hydrogen-bond donors (Lipinski definition) is 1. The summed E-state index contributed by atoms with van der Waals surface area (Å²) in [5, 5.41) is 21.2. The Bertz CT molecular complexity index is 1050. The summed E-state index contributed by atoms with van der Waals surface area (Å²) in [5.41, 5.74) is 1.88. The van der Waals surface area contributed by atoms with Gasteiger partial charge in [0.25, 0.3) is 5.69 Å². The third kappa shape index (κ3) is 5.24. The van der Waals surface area contributed by atoms with Crippen molar-refractivity contribution in [2.24, 2.45) is 0 Å². The molecular formula is C21H22N4O4S. The molecule has 0 spiro atoms. The largest absolute Gasteiger partial charge is 0.481 e. The topological polar surface area (TPSA) is 111 Å². The molecule has 0 saturated heterocycles. The highest BCUT2D eigenvalue weighted by atomic mass is 32.2. The fourth-order valence-corrected chi connectivity index (χ4v) is 4.22. The lowest BCUT2D eigenvalue weighted by molar-refractivity contribution is -0.385. The number of imidazole rings is 1. The summed E-state index contributed by atoms with van der Waals surface area (Å²) in [6.45, 7) is 4.56. The molecule has 0 fully saturated rings. The number of pyridine rings is 1. The van der Waals surface area contributed by atoms with Crippen LogP contribution in [0.2, 0.25) is 0 Å². The molecule has 3 aromatic rings. The Labute approximate surface area is 178 Å². The molecule has 0 bridgehead atoms. The minimum atomic E-state index is -0.882. The first-order chi connectivity index (χ1) is 14.3. The number of aryl methyl sites for hydroxylation is 1. The fourth-order valence-electron chi connectivity index (χ4n) is 3.00. The molecule has 0 unspecified atom stereocenters. The highest BCUT2D eigenvalue weighted by Gasteiger charge is 2.22. The SMILES string of the molecule is CC(C)c1nc(CCC(=O)O)n(Cc2ccncc2)c1Sc1cccc([N+](=O)[O-])c1. The number of aliphatic carboxylic acids is 1. The second-order valence-corrected chi connectivity index (χ2v) is 8.13. The van der Waals surface area contributed by atoms with E-state index in [-0.39, 0.29) is 18.0 Å². The van der Waals surface area contributed by atoms with E-state index in [2.05, 4.69) is 4.98 Å². The molecular weight excluding hydrogens is 404 g/mol. The highest BCUT2D eigenvalue weighted by Crippen LogP contribution is 2.36. The molecule has 8 nitrogen and oxygen atoms in total. The van der Waals surface area contributed by atoms with Gasteiger partial charge >= 0.3 is 5.97 Å². The molecule has 156 valence electrons. The van der Waals surface area contributed by atoms with Crippen molar-refractivity contribution in [2.45, 2.75) is 49.1 Å². The predicted octanol–water partition coefficient (Wildman–Crippen LogP) is 4.53. The maximum Gasteiger partial charge on any atom is 0.303 e. The lowest BCUT2D eigenvalue weighted by atomic mass is 10.1. The minimum absolute atomic E-state index is 0.0220. The number of benzene rings is 1. The number of rotatable bonds is 9. The number of aromatic nitrogens is 3. The van der Waals surface area contributed by atoms with Gasteiger partial charge < -0.3 is 9.67 Å². The Morgan fingerprint density at radius 1 is 1.27 bits per heavy atom. The standard InChI is InChI=1S/C21H22N4O4S/c1-14(2)20-21(30-17-5-3-4-16(12-17)25(28)29)24(13-15-8-10-22-11-9-15)18(23-20)6-7-19(26)27/h3-5,8-12,14H,6-7,13H2,1-2H3,(H,26,27). The zero-order chi connectivity index (χ0) is 21.7. The van der Waals surface area contributed by atoms with E-state index in [0.29, 0.717) is 18.8 Å². The van der Waals surface area contributed by atoms with E-state index >= 15 is 0 Å². The van der Waals surface area contributed by atoms with Crippen LogP contribution >= 0.6 is 11.8 Å². The number of nitro groups is 1. The van der Waals surface area contributed by atoms with Gasteiger partial charge in [0.2, 0.25) is 0 Å². The quantitative estimate of drug-likeness (QED) is 0.395. The van der Waals surface area contributed by atoms with Gasteiger partial charge in [-0.3, -0.25) is 19.9 Å². The van der Waals surface area contributed by atoms with Gasteiger partial charge in [0, 0.05) is 42.4 Å². The van der Waals surface area contributed by atoms with Crippen LogP contribution in [0.15, 0.2) is 58.7 Å². The van der Waals surface area contributed by atoms with Crippen LogP contribution in [0.5, 0.6) is 0 Å². The maximum atomic E-state index is 11.2. The zero-order valence-corrected chi connectivity index (χ0v) is 17.5.